The summed E-state index contributed by atoms with van der Waals surface area (Å²) in [5.74, 6) is 0.791. The molecule has 0 atom stereocenters. The molecule has 4 N–H and O–H groups in total. The summed E-state index contributed by atoms with van der Waals surface area (Å²) >= 11 is 6.09. The molecule has 5 rings (SSSR count). The lowest BCUT2D eigenvalue weighted by Gasteiger charge is -2.26. The number of halogens is 1. The van der Waals surface area contributed by atoms with Gasteiger partial charge in [-0.2, -0.15) is 0 Å². The van der Waals surface area contributed by atoms with Crippen molar-refractivity contribution in [3.05, 3.63) is 59.2 Å². The van der Waals surface area contributed by atoms with Crippen LogP contribution >= 0.6 is 11.6 Å². The van der Waals surface area contributed by atoms with Gasteiger partial charge in [-0.15, -0.1) is 10.2 Å². The largest absolute Gasteiger partial charge is 0.493 e. The van der Waals surface area contributed by atoms with Crippen molar-refractivity contribution < 1.29 is 13.2 Å². The van der Waals surface area contributed by atoms with E-state index >= 15 is 0 Å². The molecule has 2 aromatic heterocycles. The first-order chi connectivity index (χ1) is 18.8. The van der Waals surface area contributed by atoms with Gasteiger partial charge in [0.25, 0.3) is 10.0 Å². The number of sulfonamides is 1. The van der Waals surface area contributed by atoms with Crippen LogP contribution < -0.4 is 20.5 Å². The van der Waals surface area contributed by atoms with Crippen molar-refractivity contribution in [1.82, 2.24) is 20.2 Å². The third-order valence-corrected chi connectivity index (χ3v) is 8.72. The van der Waals surface area contributed by atoms with Gasteiger partial charge >= 0.3 is 0 Å². The first-order valence-electron chi connectivity index (χ1n) is 12.8. The zero-order valence-electron chi connectivity index (χ0n) is 21.7. The average Bonchev–Trinajstić information content (AvgIpc) is 2.94. The highest BCUT2D eigenvalue weighted by Crippen LogP contribution is 2.32. The molecular formula is C27H30ClN7O3S. The van der Waals surface area contributed by atoms with Gasteiger partial charge in [0.1, 0.15) is 4.90 Å². The molecule has 12 heteroatoms. The summed E-state index contributed by atoms with van der Waals surface area (Å²) in [5.41, 5.74) is 9.24. The quantitative estimate of drug-likeness (QED) is 0.273. The molecule has 0 amide bonds. The van der Waals surface area contributed by atoms with Crippen molar-refractivity contribution in [3.8, 4) is 17.0 Å². The van der Waals surface area contributed by atoms with Crippen LogP contribution in [-0.4, -0.2) is 47.8 Å². The summed E-state index contributed by atoms with van der Waals surface area (Å²) in [5, 5.41) is 12.8. The molecule has 2 aromatic carbocycles. The van der Waals surface area contributed by atoms with Gasteiger partial charge in [0.05, 0.1) is 23.3 Å². The normalized spacial score (nSPS) is 17.6. The van der Waals surface area contributed by atoms with Crippen LogP contribution in [0.3, 0.4) is 0 Å². The predicted octanol–water partition coefficient (Wildman–Crippen LogP) is 4.79. The Hall–Kier alpha value is -3.54. The first-order valence-corrected chi connectivity index (χ1v) is 14.6. The molecule has 1 aliphatic carbocycles. The van der Waals surface area contributed by atoms with E-state index in [0.29, 0.717) is 17.7 Å². The van der Waals surface area contributed by atoms with Gasteiger partial charge in [-0.1, -0.05) is 30.7 Å². The van der Waals surface area contributed by atoms with Crippen LogP contribution in [-0.2, 0) is 16.4 Å². The Kier molecular flexibility index (Phi) is 7.83. The second kappa shape index (κ2) is 11.3. The molecule has 2 heterocycles. The summed E-state index contributed by atoms with van der Waals surface area (Å²) in [4.78, 5) is 9.30. The second-order valence-electron chi connectivity index (χ2n) is 9.56. The van der Waals surface area contributed by atoms with E-state index < -0.39 is 10.0 Å². The smallest absolute Gasteiger partial charge is 0.264 e. The SMILES string of the molecule is CCc1cc(-c2cc(OC)c(NS(=O)(=O)c3ccccc3Cl)nn2)cc2cnc(N[C@H]3CC[C@H](N)CC3)nc12. The molecule has 204 valence electrons. The van der Waals surface area contributed by atoms with Crippen molar-refractivity contribution in [2.24, 2.45) is 5.73 Å². The molecular weight excluding hydrogens is 538 g/mol. The number of hydrogen-bond donors (Lipinski definition) is 3. The van der Waals surface area contributed by atoms with Crippen LogP contribution in [0.2, 0.25) is 5.02 Å². The molecule has 39 heavy (non-hydrogen) atoms. The molecule has 0 spiro atoms. The number of methoxy groups -OCH3 is 1. The Morgan fingerprint density at radius 2 is 1.87 bits per heavy atom. The van der Waals surface area contributed by atoms with Gasteiger partial charge < -0.3 is 15.8 Å². The zero-order chi connectivity index (χ0) is 27.6. The molecule has 0 bridgehead atoms. The van der Waals surface area contributed by atoms with Crippen LogP contribution in [0.5, 0.6) is 5.75 Å². The lowest BCUT2D eigenvalue weighted by Crippen LogP contribution is -2.33. The molecule has 1 saturated carbocycles. The van der Waals surface area contributed by atoms with E-state index in [9.17, 15) is 8.42 Å². The fourth-order valence-electron chi connectivity index (χ4n) is 4.74. The molecule has 0 saturated heterocycles. The molecule has 10 nitrogen and oxygen atoms in total. The summed E-state index contributed by atoms with van der Waals surface area (Å²) in [6.45, 7) is 2.06. The Bertz CT molecular complexity index is 1610. The highest BCUT2D eigenvalue weighted by atomic mass is 35.5. The Morgan fingerprint density at radius 3 is 2.59 bits per heavy atom. The standard InChI is InChI=1S/C27H30ClN7O3S/c1-3-16-12-17(13-18-15-30-27(32-25(16)18)31-20-10-8-19(29)9-11-20)22-14-23(38-2)26(34-33-22)35-39(36,37)24-7-5-4-6-21(24)28/h4-7,12-15,19-20H,3,8-11,29H2,1-2H3,(H,34,35)(H,30,31,32)/t19-,20-. The van der Waals surface area contributed by atoms with Crippen molar-refractivity contribution in [2.75, 3.05) is 17.1 Å². The maximum Gasteiger partial charge on any atom is 0.264 e. The fourth-order valence-corrected chi connectivity index (χ4v) is 6.27. The predicted molar refractivity (Wildman–Crippen MR) is 153 cm³/mol. The Morgan fingerprint density at radius 1 is 1.10 bits per heavy atom. The maximum atomic E-state index is 12.9. The minimum atomic E-state index is -4.00. The molecule has 0 radical (unpaired) electrons. The van der Waals surface area contributed by atoms with Crippen LogP contribution in [0.15, 0.2) is 53.6 Å². The van der Waals surface area contributed by atoms with Gasteiger partial charge in [-0.25, -0.2) is 18.4 Å². The number of nitrogens with one attached hydrogen (secondary N) is 2. The van der Waals surface area contributed by atoms with Gasteiger partial charge in [0.15, 0.2) is 5.75 Å². The highest BCUT2D eigenvalue weighted by Gasteiger charge is 2.22. The lowest BCUT2D eigenvalue weighted by atomic mass is 9.92. The number of anilines is 2. The van der Waals surface area contributed by atoms with E-state index in [4.69, 9.17) is 27.1 Å². The zero-order valence-corrected chi connectivity index (χ0v) is 23.3. The van der Waals surface area contributed by atoms with Crippen molar-refractivity contribution in [2.45, 2.75) is 56.0 Å². The number of ether oxygens (including phenoxy) is 1. The third-order valence-electron chi connectivity index (χ3n) is 6.88. The van der Waals surface area contributed by atoms with E-state index in [1.54, 1.807) is 24.4 Å². The number of aromatic nitrogens is 4. The fraction of sp³-hybridized carbons (Fsp3) is 0.333. The maximum absolute atomic E-state index is 12.9. The summed E-state index contributed by atoms with van der Waals surface area (Å²) in [6.07, 6.45) is 6.57. The van der Waals surface area contributed by atoms with E-state index in [-0.39, 0.29) is 27.5 Å². The Labute approximate surface area is 232 Å². The Balaban J connectivity index is 1.43. The van der Waals surface area contributed by atoms with Crippen molar-refractivity contribution >= 4 is 44.3 Å². The van der Waals surface area contributed by atoms with Crippen LogP contribution in [0.4, 0.5) is 11.8 Å². The molecule has 4 aromatic rings. The van der Waals surface area contributed by atoms with E-state index in [1.807, 2.05) is 12.1 Å². The van der Waals surface area contributed by atoms with Crippen LogP contribution in [0.25, 0.3) is 22.2 Å². The molecule has 0 aliphatic heterocycles. The lowest BCUT2D eigenvalue weighted by molar-refractivity contribution is 0.410. The molecule has 0 unspecified atom stereocenters. The van der Waals surface area contributed by atoms with Gasteiger partial charge in [-0.05, 0) is 61.9 Å². The molecule has 1 aliphatic rings. The van der Waals surface area contributed by atoms with E-state index in [0.717, 1.165) is 54.1 Å². The van der Waals surface area contributed by atoms with E-state index in [1.165, 1.54) is 19.2 Å². The summed E-state index contributed by atoms with van der Waals surface area (Å²) in [7, 11) is -2.57. The van der Waals surface area contributed by atoms with Gasteiger partial charge in [0.2, 0.25) is 11.8 Å². The first kappa shape index (κ1) is 27.0. The number of nitrogens with two attached hydrogens (primary N) is 1. The number of benzene rings is 2. The topological polar surface area (TPSA) is 145 Å². The number of hydrogen-bond acceptors (Lipinski definition) is 9. The monoisotopic (exact) mass is 567 g/mol. The summed E-state index contributed by atoms with van der Waals surface area (Å²) < 4.78 is 33.7. The minimum absolute atomic E-state index is 0.0413. The van der Waals surface area contributed by atoms with Crippen LogP contribution in [0.1, 0.15) is 38.2 Å². The average molecular weight is 568 g/mol. The minimum Gasteiger partial charge on any atom is -0.493 e. The highest BCUT2D eigenvalue weighted by molar-refractivity contribution is 7.92. The summed E-state index contributed by atoms with van der Waals surface area (Å²) in [6, 6.07) is 12.3. The van der Waals surface area contributed by atoms with Crippen LogP contribution in [0, 0.1) is 0 Å². The second-order valence-corrected chi connectivity index (χ2v) is 11.6. The van der Waals surface area contributed by atoms with Crippen molar-refractivity contribution in [3.63, 3.8) is 0 Å². The number of fused-ring (bicyclic) bond motifs is 1. The third kappa shape index (κ3) is 5.90. The molecule has 1 fully saturated rings. The number of nitrogens with zero attached hydrogens (tertiary/aromatic N) is 4. The number of rotatable bonds is 8. The number of aryl methyl sites for hydroxylation is 1. The van der Waals surface area contributed by atoms with Gasteiger partial charge in [-0.3, -0.25) is 4.72 Å². The van der Waals surface area contributed by atoms with Crippen molar-refractivity contribution in [1.29, 1.82) is 0 Å². The van der Waals surface area contributed by atoms with E-state index in [2.05, 4.69) is 32.1 Å². The van der Waals surface area contributed by atoms with Gasteiger partial charge in [0, 0.05) is 35.3 Å².